The monoisotopic (exact) mass is 354 g/mol. The Balaban J connectivity index is 2.13. The Morgan fingerprint density at radius 2 is 1.96 bits per heavy atom. The molecule has 3 aromatic rings. The third-order valence-corrected chi connectivity index (χ3v) is 4.19. The molecule has 0 amide bonds. The second kappa shape index (κ2) is 5.66. The normalized spacial score (nSPS) is 12.1. The lowest BCUT2D eigenvalue weighted by Crippen LogP contribution is -2.09. The molecular weight excluding hydrogens is 341 g/mol. The molecule has 0 spiro atoms. The zero-order chi connectivity index (χ0) is 17.6. The van der Waals surface area contributed by atoms with Gasteiger partial charge in [-0.05, 0) is 31.0 Å². The fourth-order valence-corrected chi connectivity index (χ4v) is 2.93. The quantitative estimate of drug-likeness (QED) is 0.702. The Bertz CT molecular complexity index is 931. The highest BCUT2D eigenvalue weighted by atomic mass is 35.5. The van der Waals surface area contributed by atoms with Crippen molar-refractivity contribution >= 4 is 23.1 Å². The van der Waals surface area contributed by atoms with Gasteiger partial charge in [0.05, 0.1) is 11.3 Å². The summed E-state index contributed by atoms with van der Waals surface area (Å²) in [5.41, 5.74) is 7.78. The van der Waals surface area contributed by atoms with Crippen molar-refractivity contribution in [3.05, 3.63) is 57.4 Å². The minimum Gasteiger partial charge on any atom is -0.383 e. The number of nitrogen functional groups attached to an aromatic ring is 1. The highest BCUT2D eigenvalue weighted by molar-refractivity contribution is 6.29. The van der Waals surface area contributed by atoms with Crippen molar-refractivity contribution in [2.75, 3.05) is 5.73 Å². The van der Waals surface area contributed by atoms with Crippen LogP contribution >= 0.6 is 11.6 Å². The van der Waals surface area contributed by atoms with Crippen LogP contribution in [0.5, 0.6) is 0 Å². The molecule has 24 heavy (non-hydrogen) atoms. The fourth-order valence-electron chi connectivity index (χ4n) is 2.74. The molecule has 2 N–H and O–H groups in total. The minimum atomic E-state index is -4.39. The summed E-state index contributed by atoms with van der Waals surface area (Å²) in [6, 6.07) is 5.62. The maximum absolute atomic E-state index is 13.1. The first-order chi connectivity index (χ1) is 11.2. The van der Waals surface area contributed by atoms with Gasteiger partial charge in [0, 0.05) is 18.1 Å². The number of benzene rings is 1. The van der Waals surface area contributed by atoms with Crippen molar-refractivity contribution in [2.24, 2.45) is 0 Å². The van der Waals surface area contributed by atoms with Crippen molar-refractivity contribution in [2.45, 2.75) is 26.4 Å². The second-order valence-electron chi connectivity index (χ2n) is 5.57. The molecule has 0 saturated heterocycles. The average molecular weight is 355 g/mol. The van der Waals surface area contributed by atoms with Gasteiger partial charge < -0.3 is 5.73 Å². The van der Waals surface area contributed by atoms with Crippen LogP contribution in [0, 0.1) is 13.8 Å². The molecule has 0 aliphatic rings. The van der Waals surface area contributed by atoms with E-state index >= 15 is 0 Å². The second-order valence-corrected chi connectivity index (χ2v) is 5.95. The van der Waals surface area contributed by atoms with E-state index in [0.717, 1.165) is 6.07 Å². The Morgan fingerprint density at radius 3 is 2.62 bits per heavy atom. The molecule has 4 nitrogen and oxygen atoms in total. The van der Waals surface area contributed by atoms with Crippen LogP contribution < -0.4 is 5.73 Å². The Kier molecular flexibility index (Phi) is 3.91. The van der Waals surface area contributed by atoms with Gasteiger partial charge in [0.25, 0.3) is 0 Å². The van der Waals surface area contributed by atoms with Gasteiger partial charge in [-0.1, -0.05) is 23.7 Å². The lowest BCUT2D eigenvalue weighted by atomic mass is 9.96. The van der Waals surface area contributed by atoms with Crippen LogP contribution in [0.3, 0.4) is 0 Å². The SMILES string of the molecule is Cc1nn2c(N)cc(Cl)nc2c1Cc1cccc(C(F)(F)F)c1C. The van der Waals surface area contributed by atoms with E-state index in [9.17, 15) is 13.2 Å². The van der Waals surface area contributed by atoms with Crippen LogP contribution in [0.25, 0.3) is 5.65 Å². The summed E-state index contributed by atoms with van der Waals surface area (Å²) < 4.78 is 40.7. The number of nitrogens with zero attached hydrogens (tertiary/aromatic N) is 3. The van der Waals surface area contributed by atoms with Gasteiger partial charge >= 0.3 is 6.18 Å². The molecule has 1 aromatic carbocycles. The van der Waals surface area contributed by atoms with Crippen molar-refractivity contribution in [1.82, 2.24) is 14.6 Å². The van der Waals surface area contributed by atoms with Crippen molar-refractivity contribution in [3.63, 3.8) is 0 Å². The molecule has 0 aliphatic carbocycles. The van der Waals surface area contributed by atoms with Gasteiger partial charge in [0.1, 0.15) is 11.0 Å². The number of alkyl halides is 3. The maximum Gasteiger partial charge on any atom is 0.416 e. The van der Waals surface area contributed by atoms with Gasteiger partial charge in [-0.15, -0.1) is 0 Å². The molecule has 0 aliphatic heterocycles. The largest absolute Gasteiger partial charge is 0.416 e. The highest BCUT2D eigenvalue weighted by Gasteiger charge is 2.33. The molecule has 0 saturated carbocycles. The van der Waals surface area contributed by atoms with E-state index in [2.05, 4.69) is 10.1 Å². The van der Waals surface area contributed by atoms with Crippen LogP contribution in [0.4, 0.5) is 19.0 Å². The number of aryl methyl sites for hydroxylation is 1. The summed E-state index contributed by atoms with van der Waals surface area (Å²) in [5.74, 6) is 0.320. The van der Waals surface area contributed by atoms with Crippen molar-refractivity contribution in [1.29, 1.82) is 0 Å². The Hall–Kier alpha value is -2.28. The molecule has 0 fully saturated rings. The lowest BCUT2D eigenvalue weighted by molar-refractivity contribution is -0.138. The van der Waals surface area contributed by atoms with Gasteiger partial charge in [-0.2, -0.15) is 22.8 Å². The number of hydrogen-bond donors (Lipinski definition) is 1. The van der Waals surface area contributed by atoms with Crippen LogP contribution in [-0.4, -0.2) is 14.6 Å². The zero-order valence-electron chi connectivity index (χ0n) is 12.9. The third-order valence-electron chi connectivity index (χ3n) is 4.00. The van der Waals surface area contributed by atoms with Crippen LogP contribution in [0.2, 0.25) is 5.15 Å². The lowest BCUT2D eigenvalue weighted by Gasteiger charge is -2.13. The van der Waals surface area contributed by atoms with Crippen LogP contribution in [0.1, 0.15) is 27.9 Å². The molecule has 0 bridgehead atoms. The molecule has 2 heterocycles. The number of halogens is 4. The van der Waals surface area contributed by atoms with E-state index in [4.69, 9.17) is 17.3 Å². The summed E-state index contributed by atoms with van der Waals surface area (Å²) in [6.07, 6.45) is -4.12. The number of hydrogen-bond acceptors (Lipinski definition) is 3. The van der Waals surface area contributed by atoms with E-state index in [1.165, 1.54) is 23.6 Å². The topological polar surface area (TPSA) is 56.2 Å². The smallest absolute Gasteiger partial charge is 0.383 e. The Morgan fingerprint density at radius 1 is 1.25 bits per heavy atom. The molecule has 8 heteroatoms. The summed E-state index contributed by atoms with van der Waals surface area (Å²) in [6.45, 7) is 3.23. The first kappa shape index (κ1) is 16.6. The minimum absolute atomic E-state index is 0.193. The summed E-state index contributed by atoms with van der Waals surface area (Å²) in [4.78, 5) is 4.22. The van der Waals surface area contributed by atoms with E-state index < -0.39 is 11.7 Å². The number of aromatic nitrogens is 3. The number of fused-ring (bicyclic) bond motifs is 1. The van der Waals surface area contributed by atoms with E-state index in [1.807, 2.05) is 0 Å². The summed E-state index contributed by atoms with van der Waals surface area (Å²) in [7, 11) is 0. The van der Waals surface area contributed by atoms with Crippen molar-refractivity contribution < 1.29 is 13.2 Å². The maximum atomic E-state index is 13.1. The zero-order valence-corrected chi connectivity index (χ0v) is 13.7. The summed E-state index contributed by atoms with van der Waals surface area (Å²) >= 11 is 5.94. The van der Waals surface area contributed by atoms with Crippen LogP contribution in [-0.2, 0) is 12.6 Å². The molecule has 126 valence electrons. The van der Waals surface area contributed by atoms with E-state index in [1.54, 1.807) is 13.0 Å². The number of nitrogens with two attached hydrogens (primary N) is 1. The standard InChI is InChI=1S/C16H14ClF3N4/c1-8-10(4-3-5-12(8)16(18,19)20)6-11-9(2)23-24-14(21)7-13(17)22-15(11)24/h3-5,7H,6,21H2,1-2H3. The van der Waals surface area contributed by atoms with Gasteiger partial charge in [0.15, 0.2) is 5.65 Å². The van der Waals surface area contributed by atoms with Gasteiger partial charge in [-0.3, -0.25) is 0 Å². The number of rotatable bonds is 2. The number of anilines is 1. The molecule has 0 radical (unpaired) electrons. The molecule has 2 aromatic heterocycles. The Labute approximate surface area is 141 Å². The van der Waals surface area contributed by atoms with E-state index in [-0.39, 0.29) is 17.1 Å². The molecular formula is C16H14ClF3N4. The third kappa shape index (κ3) is 2.80. The highest BCUT2D eigenvalue weighted by Crippen LogP contribution is 2.34. The van der Waals surface area contributed by atoms with Crippen molar-refractivity contribution in [3.8, 4) is 0 Å². The predicted molar refractivity (Wildman–Crippen MR) is 86.1 cm³/mol. The molecule has 0 unspecified atom stereocenters. The average Bonchev–Trinajstić information content (AvgIpc) is 2.77. The predicted octanol–water partition coefficient (Wildman–Crippen LogP) is 4.19. The molecule has 0 atom stereocenters. The van der Waals surface area contributed by atoms with E-state index in [0.29, 0.717) is 28.3 Å². The van der Waals surface area contributed by atoms with Gasteiger partial charge in [0.2, 0.25) is 0 Å². The molecule has 3 rings (SSSR count). The first-order valence-electron chi connectivity index (χ1n) is 7.14. The van der Waals surface area contributed by atoms with Crippen LogP contribution in [0.15, 0.2) is 24.3 Å². The summed E-state index contributed by atoms with van der Waals surface area (Å²) in [5, 5.41) is 4.51. The van der Waals surface area contributed by atoms with Gasteiger partial charge in [-0.25, -0.2) is 4.98 Å². The fraction of sp³-hybridized carbons (Fsp3) is 0.250. The first-order valence-corrected chi connectivity index (χ1v) is 7.52.